The standard InChI is InChI=1S/C12H17FN2O3/c1-7(6-15-12(16)17)18-11-4-3-9(13)5-10(11)8(2)14/h3-5,7-8,15H,6,14H2,1-2H3,(H,16,17). The molecule has 0 aromatic heterocycles. The van der Waals surface area contributed by atoms with Crippen molar-refractivity contribution in [2.45, 2.75) is 26.0 Å². The third-order valence-corrected chi connectivity index (χ3v) is 2.33. The fraction of sp³-hybridized carbons (Fsp3) is 0.417. The molecule has 0 saturated heterocycles. The van der Waals surface area contributed by atoms with Crippen LogP contribution in [0.3, 0.4) is 0 Å². The number of nitrogens with two attached hydrogens (primary N) is 1. The van der Waals surface area contributed by atoms with E-state index in [1.165, 1.54) is 18.2 Å². The smallest absolute Gasteiger partial charge is 0.404 e. The van der Waals surface area contributed by atoms with E-state index < -0.39 is 6.09 Å². The van der Waals surface area contributed by atoms with E-state index in [2.05, 4.69) is 5.32 Å². The fourth-order valence-electron chi connectivity index (χ4n) is 1.47. The van der Waals surface area contributed by atoms with Gasteiger partial charge in [-0.2, -0.15) is 0 Å². The zero-order chi connectivity index (χ0) is 13.7. The number of rotatable bonds is 5. The second-order valence-electron chi connectivity index (χ2n) is 4.09. The molecule has 0 aliphatic carbocycles. The Morgan fingerprint density at radius 1 is 1.56 bits per heavy atom. The Kier molecular flexibility index (Phi) is 4.91. The summed E-state index contributed by atoms with van der Waals surface area (Å²) in [7, 11) is 0. The SMILES string of the molecule is CC(CNC(=O)O)Oc1ccc(F)cc1C(C)N. The van der Waals surface area contributed by atoms with Crippen LogP contribution >= 0.6 is 0 Å². The van der Waals surface area contributed by atoms with Crippen LogP contribution in [0.25, 0.3) is 0 Å². The van der Waals surface area contributed by atoms with Gasteiger partial charge >= 0.3 is 6.09 Å². The Morgan fingerprint density at radius 2 is 2.22 bits per heavy atom. The Morgan fingerprint density at radius 3 is 2.78 bits per heavy atom. The molecule has 0 aliphatic heterocycles. The van der Waals surface area contributed by atoms with Crippen molar-refractivity contribution < 1.29 is 19.0 Å². The van der Waals surface area contributed by atoms with Gasteiger partial charge in [0.15, 0.2) is 0 Å². The average molecular weight is 256 g/mol. The molecule has 2 unspecified atom stereocenters. The predicted octanol–water partition coefficient (Wildman–Crippen LogP) is 1.88. The Balaban J connectivity index is 2.74. The summed E-state index contributed by atoms with van der Waals surface area (Å²) in [4.78, 5) is 10.3. The molecule has 4 N–H and O–H groups in total. The summed E-state index contributed by atoms with van der Waals surface area (Å²) in [5, 5.41) is 10.7. The van der Waals surface area contributed by atoms with Gasteiger partial charge in [-0.1, -0.05) is 0 Å². The summed E-state index contributed by atoms with van der Waals surface area (Å²) in [6, 6.07) is 3.72. The van der Waals surface area contributed by atoms with Gasteiger partial charge in [0.05, 0.1) is 6.54 Å². The highest BCUT2D eigenvalue weighted by molar-refractivity contribution is 5.64. The third kappa shape index (κ3) is 4.21. The van der Waals surface area contributed by atoms with E-state index in [0.29, 0.717) is 11.3 Å². The van der Waals surface area contributed by atoms with Gasteiger partial charge in [0, 0.05) is 11.6 Å². The van der Waals surface area contributed by atoms with Gasteiger partial charge in [-0.25, -0.2) is 9.18 Å². The minimum atomic E-state index is -1.11. The second-order valence-corrected chi connectivity index (χ2v) is 4.09. The van der Waals surface area contributed by atoms with E-state index in [1.54, 1.807) is 13.8 Å². The van der Waals surface area contributed by atoms with E-state index in [1.807, 2.05) is 0 Å². The number of hydrogen-bond donors (Lipinski definition) is 3. The number of ether oxygens (including phenoxy) is 1. The number of amides is 1. The van der Waals surface area contributed by atoms with Crippen molar-refractivity contribution in [3.05, 3.63) is 29.6 Å². The molecule has 1 aromatic carbocycles. The van der Waals surface area contributed by atoms with Crippen LogP contribution in [0.1, 0.15) is 25.5 Å². The van der Waals surface area contributed by atoms with E-state index in [4.69, 9.17) is 15.6 Å². The van der Waals surface area contributed by atoms with Gasteiger partial charge < -0.3 is 20.9 Å². The maximum Gasteiger partial charge on any atom is 0.404 e. The summed E-state index contributed by atoms with van der Waals surface area (Å²) in [5.74, 6) is 0.0806. The summed E-state index contributed by atoms with van der Waals surface area (Å²) in [6.07, 6.45) is -1.49. The van der Waals surface area contributed by atoms with Gasteiger partial charge in [-0.3, -0.25) is 0 Å². The molecule has 1 rings (SSSR count). The Labute approximate surface area is 105 Å². The largest absolute Gasteiger partial charge is 0.489 e. The van der Waals surface area contributed by atoms with Gasteiger partial charge in [0.2, 0.25) is 0 Å². The lowest BCUT2D eigenvalue weighted by atomic mass is 10.1. The molecule has 0 heterocycles. The van der Waals surface area contributed by atoms with Crippen LogP contribution in [0.5, 0.6) is 5.75 Å². The number of carbonyl (C=O) groups is 1. The molecular formula is C12H17FN2O3. The minimum Gasteiger partial charge on any atom is -0.489 e. The van der Waals surface area contributed by atoms with E-state index in [9.17, 15) is 9.18 Å². The van der Waals surface area contributed by atoms with Gasteiger partial charge in [-0.05, 0) is 32.0 Å². The third-order valence-electron chi connectivity index (χ3n) is 2.33. The quantitative estimate of drug-likeness (QED) is 0.751. The van der Waals surface area contributed by atoms with Gasteiger partial charge in [0.1, 0.15) is 17.7 Å². The number of nitrogens with one attached hydrogen (secondary N) is 1. The highest BCUT2D eigenvalue weighted by Crippen LogP contribution is 2.25. The first-order chi connectivity index (χ1) is 8.40. The Hall–Kier alpha value is -1.82. The lowest BCUT2D eigenvalue weighted by Crippen LogP contribution is -2.32. The lowest BCUT2D eigenvalue weighted by Gasteiger charge is -2.19. The first-order valence-corrected chi connectivity index (χ1v) is 5.58. The molecule has 0 radical (unpaired) electrons. The monoisotopic (exact) mass is 256 g/mol. The second kappa shape index (κ2) is 6.20. The molecular weight excluding hydrogens is 239 g/mol. The summed E-state index contributed by atoms with van der Waals surface area (Å²) in [5.41, 5.74) is 6.28. The zero-order valence-corrected chi connectivity index (χ0v) is 10.3. The molecule has 2 atom stereocenters. The minimum absolute atomic E-state index is 0.144. The Bertz CT molecular complexity index is 424. The van der Waals surface area contributed by atoms with Crippen LogP contribution in [-0.4, -0.2) is 23.8 Å². The predicted molar refractivity (Wildman–Crippen MR) is 65.1 cm³/mol. The molecule has 0 aliphatic rings. The molecule has 1 amide bonds. The first-order valence-electron chi connectivity index (χ1n) is 5.58. The van der Waals surface area contributed by atoms with Crippen molar-refractivity contribution in [3.63, 3.8) is 0 Å². The molecule has 0 saturated carbocycles. The van der Waals surface area contributed by atoms with E-state index in [-0.39, 0.29) is 24.5 Å². The maximum atomic E-state index is 13.1. The van der Waals surface area contributed by atoms with Gasteiger partial charge in [-0.15, -0.1) is 0 Å². The summed E-state index contributed by atoms with van der Waals surface area (Å²) >= 11 is 0. The zero-order valence-electron chi connectivity index (χ0n) is 10.3. The van der Waals surface area contributed by atoms with Crippen molar-refractivity contribution in [2.24, 2.45) is 5.73 Å². The molecule has 5 nitrogen and oxygen atoms in total. The number of hydrogen-bond acceptors (Lipinski definition) is 3. The molecule has 0 spiro atoms. The van der Waals surface area contributed by atoms with Crippen LogP contribution in [0.15, 0.2) is 18.2 Å². The summed E-state index contributed by atoms with van der Waals surface area (Å²) in [6.45, 7) is 3.58. The number of halogens is 1. The molecule has 1 aromatic rings. The van der Waals surface area contributed by atoms with Crippen molar-refractivity contribution in [3.8, 4) is 5.75 Å². The fourth-order valence-corrected chi connectivity index (χ4v) is 1.47. The number of benzene rings is 1. The first kappa shape index (κ1) is 14.2. The van der Waals surface area contributed by atoms with Crippen molar-refractivity contribution in [2.75, 3.05) is 6.54 Å². The van der Waals surface area contributed by atoms with Crippen LogP contribution in [0.4, 0.5) is 9.18 Å². The van der Waals surface area contributed by atoms with Crippen LogP contribution in [0.2, 0.25) is 0 Å². The molecule has 0 fully saturated rings. The highest BCUT2D eigenvalue weighted by atomic mass is 19.1. The topological polar surface area (TPSA) is 84.6 Å². The normalized spacial score (nSPS) is 13.8. The van der Waals surface area contributed by atoms with Gasteiger partial charge in [0.25, 0.3) is 0 Å². The molecule has 0 bridgehead atoms. The van der Waals surface area contributed by atoms with Crippen LogP contribution in [0, 0.1) is 5.82 Å². The van der Waals surface area contributed by atoms with E-state index in [0.717, 1.165) is 0 Å². The summed E-state index contributed by atoms with van der Waals surface area (Å²) < 4.78 is 18.6. The molecule has 100 valence electrons. The lowest BCUT2D eigenvalue weighted by molar-refractivity contribution is 0.178. The maximum absolute atomic E-state index is 13.1. The van der Waals surface area contributed by atoms with Crippen molar-refractivity contribution in [1.82, 2.24) is 5.32 Å². The van der Waals surface area contributed by atoms with Crippen molar-refractivity contribution in [1.29, 1.82) is 0 Å². The highest BCUT2D eigenvalue weighted by Gasteiger charge is 2.13. The van der Waals surface area contributed by atoms with Crippen LogP contribution < -0.4 is 15.8 Å². The molecule has 18 heavy (non-hydrogen) atoms. The van der Waals surface area contributed by atoms with Crippen LogP contribution in [-0.2, 0) is 0 Å². The number of carboxylic acid groups (broad SMARTS) is 1. The van der Waals surface area contributed by atoms with Crippen molar-refractivity contribution >= 4 is 6.09 Å². The molecule has 6 heteroatoms. The average Bonchev–Trinajstić information content (AvgIpc) is 2.28. The van der Waals surface area contributed by atoms with E-state index >= 15 is 0 Å².